The molecule has 5 nitrogen and oxygen atoms in total. The van der Waals surface area contributed by atoms with E-state index in [1.165, 1.54) is 28.3 Å². The number of aromatic amines is 1. The predicted molar refractivity (Wildman–Crippen MR) is 143 cm³/mol. The lowest BCUT2D eigenvalue weighted by Gasteiger charge is -2.15. The molecule has 0 unspecified atom stereocenters. The molecule has 1 aromatic carbocycles. The normalized spacial score (nSPS) is 11.8. The van der Waals surface area contributed by atoms with E-state index < -0.39 is 0 Å². The number of unbranched alkanes of at least 4 members (excludes halogenated alkanes) is 1. The molecule has 0 aliphatic rings. The van der Waals surface area contributed by atoms with Gasteiger partial charge in [0.1, 0.15) is 6.07 Å². The minimum Gasteiger partial charge on any atom is -0.379 e. The first-order chi connectivity index (χ1) is 16.6. The number of aromatic nitrogens is 2. The molecule has 0 amide bonds. The molecule has 3 aromatic rings. The Morgan fingerprint density at radius 2 is 2.00 bits per heavy atom. The number of anilines is 1. The van der Waals surface area contributed by atoms with E-state index in [1.807, 2.05) is 13.1 Å². The van der Waals surface area contributed by atoms with Gasteiger partial charge >= 0.3 is 0 Å². The van der Waals surface area contributed by atoms with Crippen molar-refractivity contribution >= 4 is 28.9 Å². The Morgan fingerprint density at radius 1 is 1.18 bits per heavy atom. The van der Waals surface area contributed by atoms with E-state index in [9.17, 15) is 5.26 Å². The van der Waals surface area contributed by atoms with Gasteiger partial charge in [0.2, 0.25) is 0 Å². The molecular formula is C29H35N5. The van der Waals surface area contributed by atoms with Crippen LogP contribution in [0.25, 0.3) is 17.0 Å². The van der Waals surface area contributed by atoms with E-state index in [1.54, 1.807) is 6.20 Å². The van der Waals surface area contributed by atoms with Crippen LogP contribution in [0.4, 0.5) is 5.69 Å². The summed E-state index contributed by atoms with van der Waals surface area (Å²) in [6.45, 7) is 6.95. The van der Waals surface area contributed by atoms with Crippen molar-refractivity contribution in [2.24, 2.45) is 0 Å². The highest BCUT2D eigenvalue weighted by atomic mass is 14.9. The van der Waals surface area contributed by atoms with Gasteiger partial charge in [0.05, 0.1) is 11.3 Å². The lowest BCUT2D eigenvalue weighted by Crippen LogP contribution is -2.06. The molecule has 0 aliphatic carbocycles. The van der Waals surface area contributed by atoms with Gasteiger partial charge in [-0.2, -0.15) is 5.26 Å². The molecule has 0 saturated heterocycles. The number of pyridine rings is 1. The topological polar surface area (TPSA) is 88.3 Å². The van der Waals surface area contributed by atoms with Gasteiger partial charge in [-0.3, -0.25) is 4.98 Å². The maximum absolute atomic E-state index is 9.72. The first-order valence-electron chi connectivity index (χ1n) is 12.1. The first-order valence-corrected chi connectivity index (χ1v) is 12.1. The van der Waals surface area contributed by atoms with Crippen molar-refractivity contribution in [2.75, 3.05) is 5.32 Å². The van der Waals surface area contributed by atoms with Gasteiger partial charge in [0.25, 0.3) is 0 Å². The highest BCUT2D eigenvalue weighted by Gasteiger charge is 2.12. The third-order valence-corrected chi connectivity index (χ3v) is 6.26. The molecule has 0 bridgehead atoms. The summed E-state index contributed by atoms with van der Waals surface area (Å²) >= 11 is 0. The molecule has 2 aromatic heterocycles. The number of hydrogen-bond donors (Lipinski definition) is 3. The van der Waals surface area contributed by atoms with Gasteiger partial charge in [-0.25, -0.2) is 0 Å². The molecule has 0 atom stereocenters. The molecule has 34 heavy (non-hydrogen) atoms. The van der Waals surface area contributed by atoms with Crippen LogP contribution in [0.3, 0.4) is 0 Å². The minimum absolute atomic E-state index is 0.556. The standard InChI is InChI=1S/C29H35N5/c1-4-5-9-23(11-8-16-30)10-6-7-12-27-22(3)33-20-25(18-31)29(27)34-19-24-13-14-28-26(21(24)2)15-17-32-28/h7,9,12-17,20,30,32H,4-6,8,10-11,19H2,1-3H3,(H,33,34)/b12-7+,23-9-,30-16?. The fraction of sp³-hybridized carbons (Fsp3) is 0.345. The molecule has 0 spiro atoms. The van der Waals surface area contributed by atoms with Crippen LogP contribution in [-0.4, -0.2) is 16.2 Å². The first kappa shape index (κ1) is 25.0. The minimum atomic E-state index is 0.556. The zero-order valence-electron chi connectivity index (χ0n) is 20.5. The van der Waals surface area contributed by atoms with E-state index in [-0.39, 0.29) is 0 Å². The summed E-state index contributed by atoms with van der Waals surface area (Å²) in [4.78, 5) is 7.72. The second-order valence-electron chi connectivity index (χ2n) is 8.63. The van der Waals surface area contributed by atoms with Crippen LogP contribution in [-0.2, 0) is 6.54 Å². The molecule has 0 radical (unpaired) electrons. The Bertz CT molecular complexity index is 1220. The third-order valence-electron chi connectivity index (χ3n) is 6.26. The number of aryl methyl sites for hydroxylation is 2. The van der Waals surface area contributed by atoms with Crippen LogP contribution in [0.15, 0.2) is 48.3 Å². The number of benzene rings is 1. The van der Waals surface area contributed by atoms with Crippen LogP contribution >= 0.6 is 0 Å². The van der Waals surface area contributed by atoms with E-state index in [4.69, 9.17) is 5.41 Å². The highest BCUT2D eigenvalue weighted by Crippen LogP contribution is 2.27. The summed E-state index contributed by atoms with van der Waals surface area (Å²) in [6, 6.07) is 8.64. The van der Waals surface area contributed by atoms with E-state index in [2.05, 4.69) is 71.6 Å². The summed E-state index contributed by atoms with van der Waals surface area (Å²) in [5.41, 5.74) is 8.27. The van der Waals surface area contributed by atoms with Gasteiger partial charge in [-0.05, 0) is 75.4 Å². The van der Waals surface area contributed by atoms with Crippen molar-refractivity contribution in [3.63, 3.8) is 0 Å². The Hall–Kier alpha value is -3.65. The Morgan fingerprint density at radius 3 is 2.76 bits per heavy atom. The molecular weight excluding hydrogens is 418 g/mol. The Kier molecular flexibility index (Phi) is 9.22. The van der Waals surface area contributed by atoms with Crippen LogP contribution in [0.2, 0.25) is 0 Å². The van der Waals surface area contributed by atoms with Gasteiger partial charge in [0.15, 0.2) is 0 Å². The van der Waals surface area contributed by atoms with Crippen molar-refractivity contribution in [3.8, 4) is 6.07 Å². The molecule has 176 valence electrons. The lowest BCUT2D eigenvalue weighted by atomic mass is 10.0. The van der Waals surface area contributed by atoms with Crippen molar-refractivity contribution in [1.29, 1.82) is 10.7 Å². The number of H-pyrrole nitrogens is 1. The average molecular weight is 454 g/mol. The smallest absolute Gasteiger partial charge is 0.103 e. The summed E-state index contributed by atoms with van der Waals surface area (Å²) in [5.74, 6) is 0. The van der Waals surface area contributed by atoms with Crippen LogP contribution in [0, 0.1) is 30.6 Å². The highest BCUT2D eigenvalue weighted by molar-refractivity contribution is 5.84. The van der Waals surface area contributed by atoms with Crippen molar-refractivity contribution in [3.05, 3.63) is 76.3 Å². The number of hydrogen-bond acceptors (Lipinski definition) is 4. The number of nitrogens with zero attached hydrogens (tertiary/aromatic N) is 2. The Balaban J connectivity index is 1.77. The molecule has 3 rings (SSSR count). The fourth-order valence-corrected chi connectivity index (χ4v) is 4.21. The fourth-order valence-electron chi connectivity index (χ4n) is 4.21. The van der Waals surface area contributed by atoms with Crippen molar-refractivity contribution < 1.29 is 0 Å². The molecule has 0 saturated carbocycles. The van der Waals surface area contributed by atoms with E-state index >= 15 is 0 Å². The number of fused-ring (bicyclic) bond motifs is 1. The third kappa shape index (κ3) is 6.23. The molecule has 5 heteroatoms. The quantitative estimate of drug-likeness (QED) is 0.195. The summed E-state index contributed by atoms with van der Waals surface area (Å²) in [5, 5.41) is 21.8. The average Bonchev–Trinajstić information content (AvgIpc) is 3.33. The van der Waals surface area contributed by atoms with E-state index in [0.717, 1.165) is 61.0 Å². The molecule has 0 fully saturated rings. The molecule has 0 aliphatic heterocycles. The van der Waals surface area contributed by atoms with Gasteiger partial charge in [0, 0.05) is 41.1 Å². The SMILES string of the molecule is CCC/C=C(\CCC=N)CC/C=C/c1c(C)ncc(C#N)c1NCc1ccc2[nH]ccc2c1C. The number of allylic oxidation sites excluding steroid dienone is 3. The summed E-state index contributed by atoms with van der Waals surface area (Å²) < 4.78 is 0. The number of nitriles is 1. The largest absolute Gasteiger partial charge is 0.379 e. The molecule has 3 N–H and O–H groups in total. The van der Waals surface area contributed by atoms with Crippen LogP contribution in [0.5, 0.6) is 0 Å². The van der Waals surface area contributed by atoms with Gasteiger partial charge < -0.3 is 15.7 Å². The second-order valence-corrected chi connectivity index (χ2v) is 8.63. The van der Waals surface area contributed by atoms with Gasteiger partial charge in [-0.15, -0.1) is 0 Å². The van der Waals surface area contributed by atoms with Crippen molar-refractivity contribution in [1.82, 2.24) is 9.97 Å². The maximum atomic E-state index is 9.72. The number of rotatable bonds is 12. The zero-order valence-corrected chi connectivity index (χ0v) is 20.5. The molecule has 2 heterocycles. The zero-order chi connectivity index (χ0) is 24.3. The monoisotopic (exact) mass is 453 g/mol. The maximum Gasteiger partial charge on any atom is 0.103 e. The number of nitrogens with one attached hydrogen (secondary N) is 3. The van der Waals surface area contributed by atoms with E-state index in [0.29, 0.717) is 12.1 Å². The second kappa shape index (κ2) is 12.6. The summed E-state index contributed by atoms with van der Waals surface area (Å²) in [6.07, 6.45) is 17.6. The van der Waals surface area contributed by atoms with Crippen LogP contribution < -0.4 is 5.32 Å². The Labute approximate surface area is 203 Å². The predicted octanol–water partition coefficient (Wildman–Crippen LogP) is 7.61. The lowest BCUT2D eigenvalue weighted by molar-refractivity contribution is 0.852. The summed E-state index contributed by atoms with van der Waals surface area (Å²) in [7, 11) is 0. The van der Waals surface area contributed by atoms with Crippen molar-refractivity contribution in [2.45, 2.75) is 65.8 Å². The van der Waals surface area contributed by atoms with Gasteiger partial charge in [-0.1, -0.05) is 43.2 Å². The van der Waals surface area contributed by atoms with Crippen LogP contribution in [0.1, 0.15) is 73.4 Å².